The molecule has 1 aromatic heterocycles. The van der Waals surface area contributed by atoms with Gasteiger partial charge in [-0.1, -0.05) is 6.92 Å². The summed E-state index contributed by atoms with van der Waals surface area (Å²) in [5.74, 6) is 0.782. The molecule has 4 nitrogen and oxygen atoms in total. The summed E-state index contributed by atoms with van der Waals surface area (Å²) in [5, 5.41) is 0. The molecule has 0 atom stereocenters. The Hall–Kier alpha value is -1.16. The highest BCUT2D eigenvalue weighted by Crippen LogP contribution is 1.99. The first kappa shape index (κ1) is 13.8. The Morgan fingerprint density at radius 3 is 1.80 bits per heavy atom. The van der Waals surface area contributed by atoms with Crippen LogP contribution in [0.3, 0.4) is 0 Å². The smallest absolute Gasteiger partial charge is 0.224 e. The van der Waals surface area contributed by atoms with Crippen molar-refractivity contribution in [3.63, 3.8) is 0 Å². The fourth-order valence-corrected chi connectivity index (χ4v) is 0.630. The zero-order chi connectivity index (χ0) is 11.7. The molecule has 0 bridgehead atoms. The molecule has 1 rings (SSSR count). The lowest BCUT2D eigenvalue weighted by Gasteiger charge is -2.12. The molecular weight excluding hydrogens is 188 g/mol. The summed E-state index contributed by atoms with van der Waals surface area (Å²) < 4.78 is 0. The van der Waals surface area contributed by atoms with Crippen molar-refractivity contribution >= 4 is 5.95 Å². The van der Waals surface area contributed by atoms with E-state index in [2.05, 4.69) is 42.8 Å². The van der Waals surface area contributed by atoms with E-state index in [-0.39, 0.29) is 0 Å². The van der Waals surface area contributed by atoms with Crippen molar-refractivity contribution in [3.05, 3.63) is 18.5 Å². The van der Waals surface area contributed by atoms with Crippen LogP contribution in [-0.2, 0) is 0 Å². The molecule has 0 saturated heterocycles. The van der Waals surface area contributed by atoms with Gasteiger partial charge in [-0.3, -0.25) is 0 Å². The largest absolute Gasteiger partial charge is 0.344 e. The lowest BCUT2D eigenvalue weighted by molar-refractivity contribution is 0.434. The first-order valence-electron chi connectivity index (χ1n) is 5.24. The molecule has 0 amide bonds. The summed E-state index contributed by atoms with van der Waals surface area (Å²) in [6.45, 7) is 6.26. The summed E-state index contributed by atoms with van der Waals surface area (Å²) in [6, 6.07) is 1.81. The van der Waals surface area contributed by atoms with Gasteiger partial charge in [-0.2, -0.15) is 0 Å². The fourth-order valence-electron chi connectivity index (χ4n) is 0.630. The Morgan fingerprint density at radius 1 is 1.00 bits per heavy atom. The molecule has 1 aromatic rings. The van der Waals surface area contributed by atoms with Crippen LogP contribution in [0.4, 0.5) is 5.95 Å². The molecule has 86 valence electrons. The second-order valence-corrected chi connectivity index (χ2v) is 3.46. The van der Waals surface area contributed by atoms with Crippen molar-refractivity contribution in [2.45, 2.75) is 13.8 Å². The molecule has 0 N–H and O–H groups in total. The Bertz CT molecular complexity index is 236. The van der Waals surface area contributed by atoms with Crippen LogP contribution in [0.15, 0.2) is 18.5 Å². The maximum atomic E-state index is 4.06. The number of aromatic nitrogens is 2. The zero-order valence-corrected chi connectivity index (χ0v) is 10.4. The first-order valence-corrected chi connectivity index (χ1v) is 5.24. The monoisotopic (exact) mass is 210 g/mol. The molecule has 15 heavy (non-hydrogen) atoms. The number of anilines is 1. The van der Waals surface area contributed by atoms with Crippen LogP contribution >= 0.6 is 0 Å². The third-order valence-electron chi connectivity index (χ3n) is 2.00. The third-order valence-corrected chi connectivity index (χ3v) is 2.00. The van der Waals surface area contributed by atoms with Gasteiger partial charge in [-0.25, -0.2) is 9.97 Å². The summed E-state index contributed by atoms with van der Waals surface area (Å²) in [7, 11) is 6.08. The third kappa shape index (κ3) is 6.85. The van der Waals surface area contributed by atoms with E-state index in [1.165, 1.54) is 0 Å². The quantitative estimate of drug-likeness (QED) is 0.757. The molecule has 0 aliphatic heterocycles. The van der Waals surface area contributed by atoms with Crippen LogP contribution in [-0.4, -0.2) is 49.1 Å². The standard InChI is InChI=1S/C7H11N3.C4H11N/c1-3-10(2)7-8-5-4-6-9-7;1-4-5(2)3/h4-6H,3H2,1-2H3;4H2,1-3H3. The van der Waals surface area contributed by atoms with Crippen molar-refractivity contribution in [2.75, 3.05) is 39.1 Å². The van der Waals surface area contributed by atoms with Crippen LogP contribution in [0.5, 0.6) is 0 Å². The second kappa shape index (κ2) is 8.17. The summed E-state index contributed by atoms with van der Waals surface area (Å²) in [6.07, 6.45) is 3.49. The number of hydrogen-bond acceptors (Lipinski definition) is 4. The minimum absolute atomic E-state index is 0.782. The highest BCUT2D eigenvalue weighted by Gasteiger charge is 1.96. The Balaban J connectivity index is 0.000000336. The van der Waals surface area contributed by atoms with E-state index < -0.39 is 0 Å². The molecule has 4 heteroatoms. The van der Waals surface area contributed by atoms with Gasteiger partial charge in [0.15, 0.2) is 0 Å². The predicted octanol–water partition coefficient (Wildman–Crippen LogP) is 1.50. The average molecular weight is 210 g/mol. The van der Waals surface area contributed by atoms with Crippen molar-refractivity contribution < 1.29 is 0 Å². The number of nitrogens with zero attached hydrogens (tertiary/aromatic N) is 4. The van der Waals surface area contributed by atoms with Crippen molar-refractivity contribution in [2.24, 2.45) is 0 Å². The average Bonchev–Trinajstić information content (AvgIpc) is 2.30. The minimum atomic E-state index is 0.782. The molecule has 0 unspecified atom stereocenters. The Morgan fingerprint density at radius 2 is 1.47 bits per heavy atom. The van der Waals surface area contributed by atoms with Crippen LogP contribution in [0.1, 0.15) is 13.8 Å². The van der Waals surface area contributed by atoms with Crippen molar-refractivity contribution in [1.29, 1.82) is 0 Å². The van der Waals surface area contributed by atoms with Crippen LogP contribution in [0.25, 0.3) is 0 Å². The molecular formula is C11H22N4. The zero-order valence-electron chi connectivity index (χ0n) is 10.4. The topological polar surface area (TPSA) is 32.3 Å². The highest BCUT2D eigenvalue weighted by molar-refractivity contribution is 5.25. The van der Waals surface area contributed by atoms with Crippen LogP contribution < -0.4 is 4.90 Å². The number of rotatable bonds is 3. The molecule has 0 fully saturated rings. The van der Waals surface area contributed by atoms with Gasteiger partial charge < -0.3 is 9.80 Å². The Kier molecular flexibility index (Phi) is 7.54. The van der Waals surface area contributed by atoms with Gasteiger partial charge in [0.2, 0.25) is 5.95 Å². The van der Waals surface area contributed by atoms with Crippen LogP contribution in [0, 0.1) is 0 Å². The molecule has 0 spiro atoms. The van der Waals surface area contributed by atoms with Gasteiger partial charge in [-0.15, -0.1) is 0 Å². The summed E-state index contributed by atoms with van der Waals surface area (Å²) in [5.41, 5.74) is 0. The maximum absolute atomic E-state index is 4.06. The van der Waals surface area contributed by atoms with E-state index >= 15 is 0 Å². The van der Waals surface area contributed by atoms with E-state index in [0.717, 1.165) is 19.0 Å². The lowest BCUT2D eigenvalue weighted by atomic mass is 10.6. The van der Waals surface area contributed by atoms with E-state index in [4.69, 9.17) is 0 Å². The summed E-state index contributed by atoms with van der Waals surface area (Å²) >= 11 is 0. The molecule has 0 radical (unpaired) electrons. The second-order valence-electron chi connectivity index (χ2n) is 3.46. The normalized spacial score (nSPS) is 9.47. The first-order chi connectivity index (χ1) is 7.11. The molecule has 0 aromatic carbocycles. The van der Waals surface area contributed by atoms with E-state index in [1.54, 1.807) is 12.4 Å². The minimum Gasteiger partial charge on any atom is -0.344 e. The van der Waals surface area contributed by atoms with Gasteiger partial charge in [-0.05, 0) is 33.6 Å². The van der Waals surface area contributed by atoms with Gasteiger partial charge in [0.25, 0.3) is 0 Å². The van der Waals surface area contributed by atoms with Crippen molar-refractivity contribution in [1.82, 2.24) is 14.9 Å². The van der Waals surface area contributed by atoms with Gasteiger partial charge in [0.1, 0.15) is 0 Å². The van der Waals surface area contributed by atoms with E-state index in [1.807, 2.05) is 18.0 Å². The lowest BCUT2D eigenvalue weighted by Crippen LogP contribution is -2.18. The molecule has 0 saturated carbocycles. The van der Waals surface area contributed by atoms with E-state index in [9.17, 15) is 0 Å². The van der Waals surface area contributed by atoms with Crippen molar-refractivity contribution in [3.8, 4) is 0 Å². The fraction of sp³-hybridized carbons (Fsp3) is 0.636. The van der Waals surface area contributed by atoms with E-state index in [0.29, 0.717) is 0 Å². The number of hydrogen-bond donors (Lipinski definition) is 0. The van der Waals surface area contributed by atoms with Gasteiger partial charge in [0, 0.05) is 26.0 Å². The summed E-state index contributed by atoms with van der Waals surface area (Å²) in [4.78, 5) is 12.2. The van der Waals surface area contributed by atoms with Gasteiger partial charge >= 0.3 is 0 Å². The molecule has 1 heterocycles. The predicted molar refractivity (Wildman–Crippen MR) is 65.2 cm³/mol. The molecule has 0 aliphatic rings. The molecule has 0 aliphatic carbocycles. The SMILES string of the molecule is CCN(C)C.CCN(C)c1ncccn1. The van der Waals surface area contributed by atoms with Gasteiger partial charge in [0.05, 0.1) is 0 Å². The van der Waals surface area contributed by atoms with Crippen LogP contribution in [0.2, 0.25) is 0 Å². The maximum Gasteiger partial charge on any atom is 0.224 e. The highest BCUT2D eigenvalue weighted by atomic mass is 15.2. The Labute approximate surface area is 93.0 Å².